The van der Waals surface area contributed by atoms with Crippen LogP contribution >= 0.6 is 0 Å². The first kappa shape index (κ1) is 11.4. The lowest BCUT2D eigenvalue weighted by atomic mass is 10.1. The molecule has 1 aromatic rings. The molecule has 1 saturated carbocycles. The zero-order valence-electron chi connectivity index (χ0n) is 9.37. The molecule has 3 rings (SSSR count). The first-order valence-corrected chi connectivity index (χ1v) is 5.49. The van der Waals surface area contributed by atoms with Crippen molar-refractivity contribution in [3.05, 3.63) is 45.3 Å². The summed E-state index contributed by atoms with van der Waals surface area (Å²) in [6.07, 6.45) is 0.104. The summed E-state index contributed by atoms with van der Waals surface area (Å²) in [5.41, 5.74) is -2.08. The summed E-state index contributed by atoms with van der Waals surface area (Å²) in [5, 5.41) is 19.4. The summed E-state index contributed by atoms with van der Waals surface area (Å²) in [6.45, 7) is 3.44. The van der Waals surface area contributed by atoms with E-state index in [1.807, 2.05) is 0 Å². The van der Waals surface area contributed by atoms with Gasteiger partial charge in [-0.15, -0.1) is 0 Å². The molecule has 1 aromatic heterocycles. The van der Waals surface area contributed by atoms with E-state index in [4.69, 9.17) is 9.84 Å². The Bertz CT molecular complexity index is 633. The molecule has 0 amide bonds. The predicted molar refractivity (Wildman–Crippen MR) is 60.2 cm³/mol. The molecule has 2 aliphatic rings. The summed E-state index contributed by atoms with van der Waals surface area (Å²) in [4.78, 5) is 24.7. The smallest absolute Gasteiger partial charge is 0.328 e. The monoisotopic (exact) mass is 252 g/mol. The Balaban J connectivity index is 1.98. The molecule has 1 saturated heterocycles. The fraction of sp³-hybridized carbons (Fsp3) is 0.455. The number of nitrogens with one attached hydrogen (secondary N) is 1. The molecule has 2 fully saturated rings. The maximum atomic E-state index is 11.6. The van der Waals surface area contributed by atoms with Gasteiger partial charge in [0.05, 0.1) is 6.61 Å². The summed E-state index contributed by atoms with van der Waals surface area (Å²) < 4.78 is 6.61. The molecule has 2 heterocycles. The Morgan fingerprint density at radius 2 is 2.28 bits per heavy atom. The Labute approximate surface area is 101 Å². The lowest BCUT2D eigenvalue weighted by Gasteiger charge is -2.17. The van der Waals surface area contributed by atoms with Crippen molar-refractivity contribution >= 4 is 0 Å². The number of ether oxygens (including phenoxy) is 1. The number of fused-ring (bicyclic) bond motifs is 1. The molecule has 18 heavy (non-hydrogen) atoms. The van der Waals surface area contributed by atoms with E-state index in [2.05, 4.69) is 11.6 Å². The summed E-state index contributed by atoms with van der Waals surface area (Å²) in [5.74, 6) is 0. The van der Waals surface area contributed by atoms with Gasteiger partial charge in [0.2, 0.25) is 0 Å². The van der Waals surface area contributed by atoms with E-state index in [9.17, 15) is 14.7 Å². The van der Waals surface area contributed by atoms with Crippen LogP contribution in [0.15, 0.2) is 34.0 Å². The fourth-order valence-corrected chi connectivity index (χ4v) is 2.55. The van der Waals surface area contributed by atoms with Crippen LogP contribution < -0.4 is 11.2 Å². The number of nitrogens with zero attached hydrogens (tertiary/aromatic N) is 1. The minimum absolute atomic E-state index is 0.259. The van der Waals surface area contributed by atoms with Gasteiger partial charge in [-0.3, -0.25) is 14.3 Å². The number of rotatable bonds is 2. The van der Waals surface area contributed by atoms with Crippen molar-refractivity contribution in [2.45, 2.75) is 23.9 Å². The molecule has 7 nitrogen and oxygen atoms in total. The van der Waals surface area contributed by atoms with Crippen molar-refractivity contribution in [3.8, 4) is 0 Å². The van der Waals surface area contributed by atoms with Crippen molar-refractivity contribution in [3.63, 3.8) is 0 Å². The molecule has 0 aromatic carbocycles. The Morgan fingerprint density at radius 3 is 2.78 bits per heavy atom. The number of aromatic nitrogens is 2. The van der Waals surface area contributed by atoms with E-state index in [-0.39, 0.29) is 6.61 Å². The quantitative estimate of drug-likeness (QED) is 0.535. The van der Waals surface area contributed by atoms with Gasteiger partial charge in [-0.2, -0.15) is 0 Å². The second-order valence-corrected chi connectivity index (χ2v) is 4.54. The van der Waals surface area contributed by atoms with Crippen molar-refractivity contribution in [1.82, 2.24) is 9.55 Å². The van der Waals surface area contributed by atoms with Crippen LogP contribution in [-0.2, 0) is 4.74 Å². The van der Waals surface area contributed by atoms with Crippen molar-refractivity contribution in [2.24, 2.45) is 0 Å². The molecule has 0 spiro atoms. The molecule has 0 radical (unpaired) electrons. The molecular weight excluding hydrogens is 240 g/mol. The van der Waals surface area contributed by atoms with E-state index in [1.165, 1.54) is 16.8 Å². The van der Waals surface area contributed by atoms with E-state index >= 15 is 0 Å². The highest BCUT2D eigenvalue weighted by Gasteiger charge is 2.74. The van der Waals surface area contributed by atoms with Gasteiger partial charge in [0.15, 0.2) is 0 Å². The van der Waals surface area contributed by atoms with Crippen LogP contribution in [0.2, 0.25) is 0 Å². The lowest BCUT2D eigenvalue weighted by Crippen LogP contribution is -2.33. The van der Waals surface area contributed by atoms with Gasteiger partial charge in [-0.1, -0.05) is 6.58 Å². The van der Waals surface area contributed by atoms with E-state index in [0.717, 1.165) is 0 Å². The minimum Gasteiger partial charge on any atom is -0.393 e. The minimum atomic E-state index is -1.34. The average Bonchev–Trinajstić information content (AvgIpc) is 2.82. The maximum absolute atomic E-state index is 11.6. The zero-order valence-corrected chi connectivity index (χ0v) is 9.37. The largest absolute Gasteiger partial charge is 0.393 e. The highest BCUT2D eigenvalue weighted by Crippen LogP contribution is 2.60. The normalized spacial score (nSPS) is 37.7. The summed E-state index contributed by atoms with van der Waals surface area (Å²) >= 11 is 0. The van der Waals surface area contributed by atoms with Gasteiger partial charge < -0.3 is 14.9 Å². The predicted octanol–water partition coefficient (Wildman–Crippen LogP) is -1.86. The van der Waals surface area contributed by atoms with E-state index in [0.29, 0.717) is 5.57 Å². The molecular formula is C11H12N2O5. The fourth-order valence-electron chi connectivity index (χ4n) is 2.55. The summed E-state index contributed by atoms with van der Waals surface area (Å²) in [7, 11) is 0. The molecule has 4 unspecified atom stereocenters. The zero-order chi connectivity index (χ0) is 13.1. The standard InChI is InChI=1S/C11H12N2O5/c1-5-6(4-14)18-9-8(11(5,9)17)13-3-2-7(15)12-10(13)16/h2-3,6,8-9,14,17H,1,4H2,(H,12,15,16). The maximum Gasteiger partial charge on any atom is 0.328 e. The van der Waals surface area contributed by atoms with Gasteiger partial charge in [0.1, 0.15) is 23.9 Å². The van der Waals surface area contributed by atoms with Gasteiger partial charge >= 0.3 is 5.69 Å². The van der Waals surface area contributed by atoms with Crippen LogP contribution in [0.3, 0.4) is 0 Å². The van der Waals surface area contributed by atoms with Gasteiger partial charge in [-0.25, -0.2) is 4.79 Å². The lowest BCUT2D eigenvalue weighted by molar-refractivity contribution is 0.0363. The number of aliphatic hydroxyl groups excluding tert-OH is 1. The molecule has 4 atom stereocenters. The van der Waals surface area contributed by atoms with Crippen molar-refractivity contribution in [1.29, 1.82) is 0 Å². The highest BCUT2D eigenvalue weighted by molar-refractivity contribution is 5.41. The van der Waals surface area contributed by atoms with Gasteiger partial charge in [-0.05, 0) is 5.57 Å². The van der Waals surface area contributed by atoms with Crippen LogP contribution in [0.5, 0.6) is 0 Å². The molecule has 7 heteroatoms. The third kappa shape index (κ3) is 1.23. The van der Waals surface area contributed by atoms with Crippen LogP contribution in [0.1, 0.15) is 6.04 Å². The third-order valence-corrected chi connectivity index (χ3v) is 3.59. The molecule has 0 bridgehead atoms. The number of hydrogen-bond donors (Lipinski definition) is 3. The topological polar surface area (TPSA) is 105 Å². The van der Waals surface area contributed by atoms with Crippen molar-refractivity contribution < 1.29 is 14.9 Å². The Morgan fingerprint density at radius 1 is 1.56 bits per heavy atom. The van der Waals surface area contributed by atoms with Crippen molar-refractivity contribution in [2.75, 3.05) is 6.61 Å². The average molecular weight is 252 g/mol. The second kappa shape index (κ2) is 3.41. The SMILES string of the molecule is C=C1C(CO)OC2C(n3ccc(=O)[nH]c3=O)C12O. The molecule has 96 valence electrons. The van der Waals surface area contributed by atoms with Crippen LogP contribution in [0, 0.1) is 0 Å². The van der Waals surface area contributed by atoms with E-state index < -0.39 is 35.1 Å². The molecule has 3 N–H and O–H groups in total. The highest BCUT2D eigenvalue weighted by atomic mass is 16.6. The first-order valence-electron chi connectivity index (χ1n) is 5.49. The van der Waals surface area contributed by atoms with Crippen LogP contribution in [0.25, 0.3) is 0 Å². The number of aliphatic hydroxyl groups is 2. The number of H-pyrrole nitrogens is 1. The first-order chi connectivity index (χ1) is 8.50. The van der Waals surface area contributed by atoms with Gasteiger partial charge in [0, 0.05) is 12.3 Å². The van der Waals surface area contributed by atoms with Gasteiger partial charge in [0.25, 0.3) is 5.56 Å². The van der Waals surface area contributed by atoms with Crippen LogP contribution in [0.4, 0.5) is 0 Å². The molecule has 1 aliphatic carbocycles. The number of aromatic amines is 1. The summed E-state index contributed by atoms with van der Waals surface area (Å²) in [6, 6.07) is 0.600. The van der Waals surface area contributed by atoms with E-state index in [1.54, 1.807) is 0 Å². The molecule has 1 aliphatic heterocycles. The number of hydrogen-bond acceptors (Lipinski definition) is 5. The third-order valence-electron chi connectivity index (χ3n) is 3.59. The Kier molecular flexibility index (Phi) is 2.16. The second-order valence-electron chi connectivity index (χ2n) is 4.54. The van der Waals surface area contributed by atoms with Crippen LogP contribution in [-0.4, -0.2) is 44.2 Å². The Hall–Kier alpha value is -1.70.